The predicted molar refractivity (Wildman–Crippen MR) is 51.2 cm³/mol. The molecule has 0 aromatic rings. The standard InChI is InChI=1S/C8Cl2F14O2/c9-3(11)4(10,12)26-2(7(19,20)21,8(22,23)24)1(25-3,5(13,14)15)6(16,17)18. The fraction of sp³-hybridized carbons (Fsp3) is 1.00. The van der Waals surface area contributed by atoms with Gasteiger partial charge in [0.05, 0.1) is 0 Å². The first-order valence-corrected chi connectivity index (χ1v) is 6.10. The third-order valence-electron chi connectivity index (χ3n) is 2.99. The van der Waals surface area contributed by atoms with E-state index >= 15 is 0 Å². The van der Waals surface area contributed by atoms with E-state index in [1.807, 2.05) is 0 Å². The molecule has 1 saturated heterocycles. The maximum atomic E-state index is 13.5. The van der Waals surface area contributed by atoms with Crippen LogP contribution in [0, 0.1) is 0 Å². The molecule has 0 bridgehead atoms. The van der Waals surface area contributed by atoms with Gasteiger partial charge in [0.1, 0.15) is 0 Å². The van der Waals surface area contributed by atoms with E-state index in [0.29, 0.717) is 0 Å². The van der Waals surface area contributed by atoms with Crippen molar-refractivity contribution in [1.82, 2.24) is 0 Å². The maximum Gasteiger partial charge on any atom is 0.430 e. The molecule has 156 valence electrons. The van der Waals surface area contributed by atoms with Crippen LogP contribution in [0.25, 0.3) is 0 Å². The third kappa shape index (κ3) is 2.78. The van der Waals surface area contributed by atoms with E-state index in [0.717, 1.165) is 0 Å². The van der Waals surface area contributed by atoms with Gasteiger partial charge in [-0.1, -0.05) is 0 Å². The van der Waals surface area contributed by atoms with Gasteiger partial charge in [0, 0.05) is 0 Å². The monoisotopic (exact) mass is 464 g/mol. The molecule has 0 aromatic heterocycles. The average molecular weight is 465 g/mol. The molecular formula is C8Cl2F14O2. The highest BCUT2D eigenvalue weighted by atomic mass is 35.5. The van der Waals surface area contributed by atoms with Crippen molar-refractivity contribution in [3.8, 4) is 0 Å². The minimum absolute atomic E-state index is 2.25. The molecule has 0 spiro atoms. The summed E-state index contributed by atoms with van der Waals surface area (Å²) in [5, 5.41) is -11.6. The van der Waals surface area contributed by atoms with E-state index in [2.05, 4.69) is 32.7 Å². The van der Waals surface area contributed by atoms with E-state index in [9.17, 15) is 61.5 Å². The van der Waals surface area contributed by atoms with Crippen molar-refractivity contribution in [3.63, 3.8) is 0 Å². The number of ether oxygens (including phenoxy) is 2. The molecule has 0 aliphatic carbocycles. The van der Waals surface area contributed by atoms with Crippen LogP contribution in [-0.4, -0.2) is 46.5 Å². The summed E-state index contributed by atoms with van der Waals surface area (Å²) in [5.41, 5.74) is -15.2. The summed E-state index contributed by atoms with van der Waals surface area (Å²) in [5.74, 6) is 0. The fourth-order valence-electron chi connectivity index (χ4n) is 2.00. The van der Waals surface area contributed by atoms with Crippen LogP contribution in [0.15, 0.2) is 0 Å². The van der Waals surface area contributed by atoms with E-state index in [1.165, 1.54) is 0 Å². The molecule has 18 heteroatoms. The largest absolute Gasteiger partial charge is 0.430 e. The molecule has 0 amide bonds. The van der Waals surface area contributed by atoms with Crippen molar-refractivity contribution >= 4 is 23.2 Å². The smallest absolute Gasteiger partial charge is 0.300 e. The van der Waals surface area contributed by atoms with Gasteiger partial charge in [-0.05, 0) is 23.2 Å². The lowest BCUT2D eigenvalue weighted by molar-refractivity contribution is -0.571. The Morgan fingerprint density at radius 2 is 0.615 bits per heavy atom. The third-order valence-corrected chi connectivity index (χ3v) is 3.73. The Balaban J connectivity index is 4.21. The summed E-state index contributed by atoms with van der Waals surface area (Å²) in [6.45, 7) is 0. The first-order valence-electron chi connectivity index (χ1n) is 5.34. The van der Waals surface area contributed by atoms with Crippen molar-refractivity contribution in [3.05, 3.63) is 0 Å². The van der Waals surface area contributed by atoms with Gasteiger partial charge in [-0.15, -0.1) is 0 Å². The number of rotatable bonds is 0. The summed E-state index contributed by atoms with van der Waals surface area (Å²) in [7, 11) is 0. The molecule has 2 nitrogen and oxygen atoms in total. The Morgan fingerprint density at radius 3 is 0.731 bits per heavy atom. The molecule has 0 aromatic carbocycles. The van der Waals surface area contributed by atoms with Crippen LogP contribution in [0.2, 0.25) is 0 Å². The van der Waals surface area contributed by atoms with Crippen molar-refractivity contribution in [2.75, 3.05) is 0 Å². The molecule has 1 aliphatic heterocycles. The zero-order chi connectivity index (χ0) is 21.4. The van der Waals surface area contributed by atoms with Crippen molar-refractivity contribution in [1.29, 1.82) is 0 Å². The van der Waals surface area contributed by atoms with E-state index in [4.69, 9.17) is 0 Å². The van der Waals surface area contributed by atoms with Crippen LogP contribution < -0.4 is 0 Å². The Labute approximate surface area is 141 Å². The fourth-order valence-corrected chi connectivity index (χ4v) is 2.31. The van der Waals surface area contributed by atoms with Crippen molar-refractivity contribution in [2.24, 2.45) is 0 Å². The second kappa shape index (κ2) is 5.53. The Bertz CT molecular complexity index is 477. The first kappa shape index (κ1) is 23.6. The molecule has 2 atom stereocenters. The summed E-state index contributed by atoms with van der Waals surface area (Å²) in [6.07, 6.45) is -31.0. The SMILES string of the molecule is FC(F)(F)C1(C(F)(F)F)OC(F)(Cl)C(F)(Cl)OC1(C(F)(F)F)C(F)(F)F. The average Bonchev–Trinajstić information content (AvgIpc) is 2.25. The van der Waals surface area contributed by atoms with Crippen LogP contribution in [0.4, 0.5) is 61.5 Å². The van der Waals surface area contributed by atoms with E-state index in [1.54, 1.807) is 0 Å². The topological polar surface area (TPSA) is 18.5 Å². The minimum Gasteiger partial charge on any atom is -0.300 e. The lowest BCUT2D eigenvalue weighted by atomic mass is 9.78. The molecule has 1 fully saturated rings. The van der Waals surface area contributed by atoms with Gasteiger partial charge in [0.2, 0.25) is 0 Å². The quantitative estimate of drug-likeness (QED) is 0.349. The van der Waals surface area contributed by atoms with Gasteiger partial charge in [-0.3, -0.25) is 9.47 Å². The van der Waals surface area contributed by atoms with E-state index in [-0.39, 0.29) is 0 Å². The minimum atomic E-state index is -7.74. The molecule has 0 N–H and O–H groups in total. The summed E-state index contributed by atoms with van der Waals surface area (Å²) in [6, 6.07) is 0. The molecule has 2 unspecified atom stereocenters. The second-order valence-electron chi connectivity index (χ2n) is 4.59. The van der Waals surface area contributed by atoms with Crippen LogP contribution in [-0.2, 0) is 9.47 Å². The number of alkyl halides is 16. The summed E-state index contributed by atoms with van der Waals surface area (Å²) in [4.78, 5) is 0. The lowest BCUT2D eigenvalue weighted by Gasteiger charge is -2.56. The van der Waals surface area contributed by atoms with Gasteiger partial charge in [0.15, 0.2) is 0 Å². The lowest BCUT2D eigenvalue weighted by Crippen LogP contribution is -2.87. The molecule has 0 radical (unpaired) electrons. The van der Waals surface area contributed by atoms with Gasteiger partial charge in [-0.25, -0.2) is 0 Å². The van der Waals surface area contributed by atoms with Crippen molar-refractivity contribution in [2.45, 2.75) is 46.5 Å². The van der Waals surface area contributed by atoms with Gasteiger partial charge >= 0.3 is 46.5 Å². The number of halogens is 16. The van der Waals surface area contributed by atoms with Crippen molar-refractivity contribution < 1.29 is 70.9 Å². The van der Waals surface area contributed by atoms with Gasteiger partial charge in [-0.2, -0.15) is 61.5 Å². The van der Waals surface area contributed by atoms with Gasteiger partial charge < -0.3 is 0 Å². The number of hydrogen-bond donors (Lipinski definition) is 0. The normalized spacial score (nSPS) is 33.2. The molecule has 1 heterocycles. The predicted octanol–water partition coefficient (Wildman–Crippen LogP) is 5.48. The molecule has 26 heavy (non-hydrogen) atoms. The summed E-state index contributed by atoms with van der Waals surface area (Å²) < 4.78 is 187. The molecule has 1 rings (SSSR count). The summed E-state index contributed by atoms with van der Waals surface area (Å²) >= 11 is 8.26. The Hall–Kier alpha value is -0.480. The van der Waals surface area contributed by atoms with Crippen LogP contribution >= 0.6 is 23.2 Å². The highest BCUT2D eigenvalue weighted by molar-refractivity contribution is 6.32. The highest BCUT2D eigenvalue weighted by Gasteiger charge is 3.00. The Morgan fingerprint density at radius 1 is 0.462 bits per heavy atom. The first-order chi connectivity index (χ1) is 10.9. The van der Waals surface area contributed by atoms with Gasteiger partial charge in [0.25, 0.3) is 0 Å². The highest BCUT2D eigenvalue weighted by Crippen LogP contribution is 2.69. The van der Waals surface area contributed by atoms with Crippen LogP contribution in [0.5, 0.6) is 0 Å². The van der Waals surface area contributed by atoms with Crippen LogP contribution in [0.3, 0.4) is 0 Å². The number of hydrogen-bond acceptors (Lipinski definition) is 2. The van der Waals surface area contributed by atoms with E-state index < -0.39 is 46.5 Å². The maximum absolute atomic E-state index is 13.5. The van der Waals surface area contributed by atoms with Crippen LogP contribution in [0.1, 0.15) is 0 Å². The zero-order valence-corrected chi connectivity index (χ0v) is 12.4. The Kier molecular flexibility index (Phi) is 5.01. The molecular weight excluding hydrogens is 465 g/mol. The molecule has 0 saturated carbocycles. The zero-order valence-electron chi connectivity index (χ0n) is 10.9. The second-order valence-corrected chi connectivity index (χ2v) is 5.56. The molecule has 1 aliphatic rings.